The first-order chi connectivity index (χ1) is 7.24. The lowest BCUT2D eigenvalue weighted by atomic mass is 9.88. The average molecular weight is 205 g/mol. The number of benzene rings is 1. The summed E-state index contributed by atoms with van der Waals surface area (Å²) in [7, 11) is 0. The van der Waals surface area contributed by atoms with Crippen LogP contribution in [0.4, 0.5) is 10.1 Å². The molecule has 0 radical (unpaired) electrons. The fourth-order valence-electron chi connectivity index (χ4n) is 1.82. The van der Waals surface area contributed by atoms with E-state index in [0.29, 0.717) is 37.3 Å². The average Bonchev–Trinajstić information content (AvgIpc) is 2.30. The molecular formula is C12H12FNO. The molecule has 15 heavy (non-hydrogen) atoms. The lowest BCUT2D eigenvalue weighted by molar-refractivity contribution is -0.0114. The number of rotatable bonds is 1. The van der Waals surface area contributed by atoms with Crippen molar-refractivity contribution in [3.8, 4) is 0 Å². The van der Waals surface area contributed by atoms with Gasteiger partial charge in [-0.15, -0.1) is 0 Å². The zero-order valence-corrected chi connectivity index (χ0v) is 8.37. The van der Waals surface area contributed by atoms with Gasteiger partial charge in [0.2, 0.25) is 0 Å². The fraction of sp³-hybridized carbons (Fsp3) is 0.417. The molecule has 0 N–H and O–H groups in total. The minimum absolute atomic E-state index is 0.407. The van der Waals surface area contributed by atoms with Crippen LogP contribution < -0.4 is 0 Å². The molecule has 1 fully saturated rings. The van der Waals surface area contributed by atoms with Gasteiger partial charge in [-0.25, -0.2) is 9.24 Å². The molecule has 1 aromatic rings. The molecular weight excluding hydrogens is 193 g/mol. The SMILES string of the molecule is [C-]#[N+]c1ccc(C2(F)CCOCC2)cc1. The molecule has 1 aliphatic rings. The van der Waals surface area contributed by atoms with E-state index in [4.69, 9.17) is 11.3 Å². The smallest absolute Gasteiger partial charge is 0.187 e. The summed E-state index contributed by atoms with van der Waals surface area (Å²) in [5.41, 5.74) is -0.0497. The maximum Gasteiger partial charge on any atom is 0.187 e. The molecule has 2 rings (SSSR count). The topological polar surface area (TPSA) is 13.6 Å². The molecule has 1 aliphatic heterocycles. The van der Waals surface area contributed by atoms with Crippen molar-refractivity contribution < 1.29 is 9.13 Å². The van der Waals surface area contributed by atoms with Crippen LogP contribution in [0.2, 0.25) is 0 Å². The maximum absolute atomic E-state index is 14.4. The van der Waals surface area contributed by atoms with Gasteiger partial charge in [0, 0.05) is 26.1 Å². The van der Waals surface area contributed by atoms with E-state index in [1.807, 2.05) is 0 Å². The Morgan fingerprint density at radius 2 is 1.80 bits per heavy atom. The fourth-order valence-corrected chi connectivity index (χ4v) is 1.82. The third-order valence-corrected chi connectivity index (χ3v) is 2.80. The van der Waals surface area contributed by atoms with Crippen LogP contribution in [0.5, 0.6) is 0 Å². The second kappa shape index (κ2) is 4.00. The number of nitrogens with zero attached hydrogens (tertiary/aromatic N) is 1. The number of alkyl halides is 1. The Balaban J connectivity index is 2.24. The quantitative estimate of drug-likeness (QED) is 0.642. The molecule has 2 nitrogen and oxygen atoms in total. The molecule has 0 spiro atoms. The number of ether oxygens (including phenoxy) is 1. The van der Waals surface area contributed by atoms with Crippen molar-refractivity contribution in [3.63, 3.8) is 0 Å². The third kappa shape index (κ3) is 2.00. The van der Waals surface area contributed by atoms with Gasteiger partial charge in [0.15, 0.2) is 5.69 Å². The van der Waals surface area contributed by atoms with E-state index in [0.717, 1.165) is 0 Å². The second-order valence-corrected chi connectivity index (χ2v) is 3.74. The number of hydrogen-bond acceptors (Lipinski definition) is 1. The highest BCUT2D eigenvalue weighted by molar-refractivity contribution is 5.46. The van der Waals surface area contributed by atoms with E-state index in [1.165, 1.54) is 0 Å². The van der Waals surface area contributed by atoms with Crippen molar-refractivity contribution in [3.05, 3.63) is 41.2 Å². The highest BCUT2D eigenvalue weighted by Gasteiger charge is 2.33. The first kappa shape index (κ1) is 10.1. The Hall–Kier alpha value is -1.40. The van der Waals surface area contributed by atoms with Gasteiger partial charge in [-0.1, -0.05) is 24.3 Å². The Kier molecular flexibility index (Phi) is 2.70. The van der Waals surface area contributed by atoms with Gasteiger partial charge >= 0.3 is 0 Å². The summed E-state index contributed by atoms with van der Waals surface area (Å²) in [6, 6.07) is 6.75. The normalized spacial score (nSPS) is 19.5. The Bertz CT molecular complexity index is 374. The minimum Gasteiger partial charge on any atom is -0.381 e. The zero-order chi connectivity index (χ0) is 10.7. The van der Waals surface area contributed by atoms with Crippen LogP contribution in [-0.2, 0) is 10.4 Å². The first-order valence-electron chi connectivity index (χ1n) is 4.99. The molecule has 0 saturated carbocycles. The van der Waals surface area contributed by atoms with E-state index in [9.17, 15) is 4.39 Å². The molecule has 0 aliphatic carbocycles. The van der Waals surface area contributed by atoms with E-state index in [-0.39, 0.29) is 0 Å². The van der Waals surface area contributed by atoms with E-state index in [1.54, 1.807) is 24.3 Å². The van der Waals surface area contributed by atoms with Gasteiger partial charge in [0.25, 0.3) is 0 Å². The first-order valence-corrected chi connectivity index (χ1v) is 4.99. The predicted octanol–water partition coefficient (Wildman–Crippen LogP) is 3.21. The minimum atomic E-state index is -1.27. The monoisotopic (exact) mass is 205 g/mol. The summed E-state index contributed by atoms with van der Waals surface area (Å²) in [6.07, 6.45) is 0.814. The van der Waals surface area contributed by atoms with Crippen molar-refractivity contribution >= 4 is 5.69 Å². The van der Waals surface area contributed by atoms with E-state index >= 15 is 0 Å². The lowest BCUT2D eigenvalue weighted by Gasteiger charge is -2.29. The predicted molar refractivity (Wildman–Crippen MR) is 55.5 cm³/mol. The summed E-state index contributed by atoms with van der Waals surface area (Å²) >= 11 is 0. The Labute approximate surface area is 88.5 Å². The van der Waals surface area contributed by atoms with Gasteiger partial charge < -0.3 is 4.74 Å². The number of halogens is 1. The molecule has 78 valence electrons. The molecule has 0 aromatic heterocycles. The molecule has 0 unspecified atom stereocenters. The van der Waals surface area contributed by atoms with Gasteiger partial charge in [-0.3, -0.25) is 0 Å². The Morgan fingerprint density at radius 3 is 2.33 bits per heavy atom. The number of hydrogen-bond donors (Lipinski definition) is 0. The summed E-state index contributed by atoms with van der Waals surface area (Å²) in [6.45, 7) is 7.76. The van der Waals surface area contributed by atoms with Crippen molar-refractivity contribution in [2.75, 3.05) is 13.2 Å². The van der Waals surface area contributed by atoms with Crippen LogP contribution in [0.25, 0.3) is 4.85 Å². The van der Waals surface area contributed by atoms with Crippen molar-refractivity contribution in [2.45, 2.75) is 18.5 Å². The second-order valence-electron chi connectivity index (χ2n) is 3.74. The van der Waals surface area contributed by atoms with E-state index in [2.05, 4.69) is 4.85 Å². The highest BCUT2D eigenvalue weighted by atomic mass is 19.1. The largest absolute Gasteiger partial charge is 0.381 e. The van der Waals surface area contributed by atoms with Crippen LogP contribution in [0.15, 0.2) is 24.3 Å². The molecule has 0 atom stereocenters. The van der Waals surface area contributed by atoms with Gasteiger partial charge in [-0.05, 0) is 5.56 Å². The van der Waals surface area contributed by atoms with Crippen molar-refractivity contribution in [1.29, 1.82) is 0 Å². The molecule has 1 aromatic carbocycles. The van der Waals surface area contributed by atoms with Gasteiger partial charge in [-0.2, -0.15) is 0 Å². The highest BCUT2D eigenvalue weighted by Crippen LogP contribution is 2.36. The summed E-state index contributed by atoms with van der Waals surface area (Å²) in [5, 5.41) is 0. The van der Waals surface area contributed by atoms with E-state index < -0.39 is 5.67 Å². The maximum atomic E-state index is 14.4. The van der Waals surface area contributed by atoms with Crippen LogP contribution in [0.3, 0.4) is 0 Å². The summed E-state index contributed by atoms with van der Waals surface area (Å²) in [5.74, 6) is 0. The zero-order valence-electron chi connectivity index (χ0n) is 8.37. The van der Waals surface area contributed by atoms with Gasteiger partial charge in [0.05, 0.1) is 6.57 Å². The van der Waals surface area contributed by atoms with Crippen molar-refractivity contribution in [2.24, 2.45) is 0 Å². The lowest BCUT2D eigenvalue weighted by Crippen LogP contribution is -2.29. The standard InChI is InChI=1S/C12H12FNO/c1-14-11-4-2-10(3-5-11)12(13)6-8-15-9-7-12/h2-5H,6-9H2. The summed E-state index contributed by atoms with van der Waals surface area (Å²) < 4.78 is 19.5. The van der Waals surface area contributed by atoms with Crippen LogP contribution in [-0.4, -0.2) is 13.2 Å². The molecule has 0 amide bonds. The third-order valence-electron chi connectivity index (χ3n) is 2.80. The van der Waals surface area contributed by atoms with Crippen molar-refractivity contribution in [1.82, 2.24) is 0 Å². The van der Waals surface area contributed by atoms with Crippen LogP contribution in [0, 0.1) is 6.57 Å². The molecule has 0 bridgehead atoms. The molecule has 3 heteroatoms. The molecule has 1 saturated heterocycles. The Morgan fingerprint density at radius 1 is 1.20 bits per heavy atom. The van der Waals surface area contributed by atoms with Gasteiger partial charge in [0.1, 0.15) is 5.67 Å². The van der Waals surface area contributed by atoms with Crippen LogP contribution >= 0.6 is 0 Å². The van der Waals surface area contributed by atoms with Crippen LogP contribution in [0.1, 0.15) is 18.4 Å². The summed E-state index contributed by atoms with van der Waals surface area (Å²) in [4.78, 5) is 3.28. The molecule has 1 heterocycles.